The summed E-state index contributed by atoms with van der Waals surface area (Å²) in [5, 5.41) is 8.93. The van der Waals surface area contributed by atoms with E-state index in [1.54, 1.807) is 0 Å². The van der Waals surface area contributed by atoms with Crippen LogP contribution in [0.2, 0.25) is 0 Å². The predicted octanol–water partition coefficient (Wildman–Crippen LogP) is 3.15. The molecule has 0 amide bonds. The zero-order valence-electron chi connectivity index (χ0n) is 20.0. The number of nitrogens with one attached hydrogen (secondary N) is 3. The number of rotatable bonds is 7. The van der Waals surface area contributed by atoms with Gasteiger partial charge in [0.25, 0.3) is 0 Å². The maximum Gasteiger partial charge on any atom is 0.421 e. The van der Waals surface area contributed by atoms with Crippen molar-refractivity contribution in [3.63, 3.8) is 0 Å². The van der Waals surface area contributed by atoms with Crippen LogP contribution in [0, 0.1) is 0 Å². The van der Waals surface area contributed by atoms with Gasteiger partial charge in [0.05, 0.1) is 12.8 Å². The Morgan fingerprint density at radius 1 is 1.08 bits per heavy atom. The van der Waals surface area contributed by atoms with Crippen LogP contribution in [-0.2, 0) is 35.6 Å². The number of hydrogen-bond donors (Lipinski definition) is 3. The molecule has 37 heavy (non-hydrogen) atoms. The summed E-state index contributed by atoms with van der Waals surface area (Å²) in [6.45, 7) is 1.49. The number of fused-ring (bicyclic) bond motifs is 1. The molecular weight excluding hydrogens is 533 g/mol. The first-order valence-corrected chi connectivity index (χ1v) is 12.9. The lowest BCUT2D eigenvalue weighted by Crippen LogP contribution is -2.27. The first-order chi connectivity index (χ1) is 17.0. The average Bonchev–Trinajstić information content (AvgIpc) is 3.06. The molecule has 0 bridgehead atoms. The zero-order chi connectivity index (χ0) is 25.9. The molecule has 1 aliphatic rings. The van der Waals surface area contributed by atoms with Crippen molar-refractivity contribution in [2.24, 2.45) is 0 Å². The van der Waals surface area contributed by atoms with Gasteiger partial charge < -0.3 is 16.0 Å². The topological polar surface area (TPSA) is 125 Å². The Morgan fingerprint density at radius 3 is 2.49 bits per heavy atom. The van der Waals surface area contributed by atoms with Gasteiger partial charge in [-0.25, -0.2) is 18.4 Å². The molecule has 0 aliphatic carbocycles. The van der Waals surface area contributed by atoms with Gasteiger partial charge in [-0.05, 0) is 49.2 Å². The average molecular weight is 559 g/mol. The van der Waals surface area contributed by atoms with E-state index in [9.17, 15) is 21.6 Å². The van der Waals surface area contributed by atoms with E-state index in [2.05, 4.69) is 35.9 Å². The first kappa shape index (κ1) is 28.3. The van der Waals surface area contributed by atoms with E-state index in [0.717, 1.165) is 42.1 Å². The molecule has 0 fully saturated rings. The van der Waals surface area contributed by atoms with Crippen molar-refractivity contribution in [3.05, 3.63) is 59.2 Å². The highest BCUT2D eigenvalue weighted by atomic mass is 35.5. The number of anilines is 4. The first-order valence-electron chi connectivity index (χ1n) is 11.0. The van der Waals surface area contributed by atoms with Gasteiger partial charge in [-0.2, -0.15) is 18.2 Å². The molecule has 0 atom stereocenters. The van der Waals surface area contributed by atoms with Crippen LogP contribution < -0.4 is 20.3 Å². The van der Waals surface area contributed by atoms with E-state index >= 15 is 0 Å². The van der Waals surface area contributed by atoms with Crippen molar-refractivity contribution in [1.82, 2.24) is 25.3 Å². The summed E-state index contributed by atoms with van der Waals surface area (Å²) in [6.07, 6.45) is 1.33. The van der Waals surface area contributed by atoms with Gasteiger partial charge in [-0.3, -0.25) is 9.29 Å². The zero-order valence-corrected chi connectivity index (χ0v) is 21.6. The van der Waals surface area contributed by atoms with E-state index in [1.165, 1.54) is 25.0 Å². The fraction of sp³-hybridized carbons (Fsp3) is 0.364. The third-order valence-electron chi connectivity index (χ3n) is 5.67. The second-order valence-corrected chi connectivity index (χ2v) is 10.2. The molecule has 3 aromatic rings. The summed E-state index contributed by atoms with van der Waals surface area (Å²) in [5.41, 5.74) is 2.10. The molecule has 2 aromatic heterocycles. The highest BCUT2D eigenvalue weighted by Crippen LogP contribution is 2.34. The molecule has 200 valence electrons. The normalized spacial score (nSPS) is 13.6. The van der Waals surface area contributed by atoms with E-state index in [1.807, 2.05) is 18.2 Å². The lowest BCUT2D eigenvalue weighted by Gasteiger charge is -2.19. The number of sulfonamides is 1. The molecule has 0 spiro atoms. The summed E-state index contributed by atoms with van der Waals surface area (Å²) in [7, 11) is -2.37. The van der Waals surface area contributed by atoms with Gasteiger partial charge in [0.15, 0.2) is 5.82 Å². The van der Waals surface area contributed by atoms with Crippen LogP contribution in [0.25, 0.3) is 0 Å². The van der Waals surface area contributed by atoms with E-state index in [0.29, 0.717) is 11.9 Å². The summed E-state index contributed by atoms with van der Waals surface area (Å²) in [5.74, 6) is -0.504. The minimum absolute atomic E-state index is 0. The van der Waals surface area contributed by atoms with Crippen LogP contribution >= 0.6 is 12.4 Å². The molecule has 3 heterocycles. The Hall–Kier alpha value is -3.23. The van der Waals surface area contributed by atoms with Crippen molar-refractivity contribution in [2.75, 3.05) is 41.3 Å². The Balaban J connectivity index is 0.00000380. The van der Waals surface area contributed by atoms with Crippen LogP contribution in [0.3, 0.4) is 0 Å². The number of aromatic nitrogens is 4. The maximum absolute atomic E-state index is 13.7. The summed E-state index contributed by atoms with van der Waals surface area (Å²) in [4.78, 5) is 16.0. The quantitative estimate of drug-likeness (QED) is 0.401. The molecule has 15 heteroatoms. The van der Waals surface area contributed by atoms with Crippen molar-refractivity contribution in [1.29, 1.82) is 0 Å². The molecule has 0 unspecified atom stereocenters. The minimum Gasteiger partial charge on any atom is -0.364 e. The number of hydrogen-bond acceptors (Lipinski definition) is 9. The Bertz CT molecular complexity index is 1360. The highest BCUT2D eigenvalue weighted by molar-refractivity contribution is 7.92. The Labute approximate surface area is 218 Å². The number of nitrogens with zero attached hydrogens (tertiary/aromatic N) is 5. The lowest BCUT2D eigenvalue weighted by atomic mass is 10.0. The predicted molar refractivity (Wildman–Crippen MR) is 137 cm³/mol. The third-order valence-corrected chi connectivity index (χ3v) is 6.84. The van der Waals surface area contributed by atoms with Crippen LogP contribution in [-0.4, -0.2) is 54.7 Å². The Kier molecular flexibility index (Phi) is 8.76. The number of benzene rings is 1. The van der Waals surface area contributed by atoms with E-state index in [4.69, 9.17) is 0 Å². The fourth-order valence-corrected chi connectivity index (χ4v) is 4.20. The van der Waals surface area contributed by atoms with Gasteiger partial charge >= 0.3 is 6.18 Å². The van der Waals surface area contributed by atoms with E-state index < -0.39 is 27.6 Å². The Morgan fingerprint density at radius 2 is 1.78 bits per heavy atom. The fourth-order valence-electron chi connectivity index (χ4n) is 3.74. The molecule has 3 N–H and O–H groups in total. The summed E-state index contributed by atoms with van der Waals surface area (Å²) >= 11 is 0. The van der Waals surface area contributed by atoms with Crippen LogP contribution in [0.15, 0.2) is 36.8 Å². The maximum atomic E-state index is 13.7. The molecule has 4 rings (SSSR count). The third kappa shape index (κ3) is 6.96. The van der Waals surface area contributed by atoms with Crippen molar-refractivity contribution < 1.29 is 21.6 Å². The van der Waals surface area contributed by atoms with Crippen LogP contribution in [0.5, 0.6) is 0 Å². The summed E-state index contributed by atoms with van der Waals surface area (Å²) in [6, 6.07) is 5.77. The minimum atomic E-state index is -4.72. The molecule has 0 radical (unpaired) electrons. The van der Waals surface area contributed by atoms with Crippen molar-refractivity contribution in [2.45, 2.75) is 25.6 Å². The van der Waals surface area contributed by atoms with Gasteiger partial charge in [-0.1, -0.05) is 6.07 Å². The van der Waals surface area contributed by atoms with Crippen molar-refractivity contribution >= 4 is 45.7 Å². The molecule has 0 saturated carbocycles. The largest absolute Gasteiger partial charge is 0.421 e. The summed E-state index contributed by atoms with van der Waals surface area (Å²) < 4.78 is 65.7. The van der Waals surface area contributed by atoms with Gasteiger partial charge in [0.2, 0.25) is 16.0 Å². The monoisotopic (exact) mass is 558 g/mol. The van der Waals surface area contributed by atoms with Crippen LogP contribution in [0.1, 0.15) is 22.4 Å². The molecule has 1 aliphatic heterocycles. The van der Waals surface area contributed by atoms with Gasteiger partial charge in [-0.15, -0.1) is 12.4 Å². The SMILES string of the molecule is CN(c1nccnc1CNc1nc(Nc2ccc3c(c2)CCNCC3)ncc1C(F)(F)F)S(C)(=O)=O.Cl. The highest BCUT2D eigenvalue weighted by Gasteiger charge is 2.35. The lowest BCUT2D eigenvalue weighted by molar-refractivity contribution is -0.137. The molecule has 10 nitrogen and oxygen atoms in total. The number of halogens is 4. The van der Waals surface area contributed by atoms with Gasteiger partial charge in [0, 0.05) is 31.3 Å². The second kappa shape index (κ2) is 11.4. The van der Waals surface area contributed by atoms with Gasteiger partial charge in [0.1, 0.15) is 17.1 Å². The van der Waals surface area contributed by atoms with E-state index in [-0.39, 0.29) is 36.4 Å². The number of alkyl halides is 3. The van der Waals surface area contributed by atoms with Crippen LogP contribution in [0.4, 0.5) is 36.4 Å². The molecule has 1 aromatic carbocycles. The standard InChI is InChI=1S/C22H25F3N8O2S.ClH/c1-33(36(2,34)35)20-18(27-9-10-28-20)13-29-19-17(22(23,24)25)12-30-21(32-19)31-16-4-3-14-5-7-26-8-6-15(14)11-16;/h3-4,9-12,26H,5-8,13H2,1-2H3,(H2,29,30,31,32);1H. The van der Waals surface area contributed by atoms with Crippen molar-refractivity contribution in [3.8, 4) is 0 Å². The smallest absolute Gasteiger partial charge is 0.364 e. The second-order valence-electron chi connectivity index (χ2n) is 8.22. The molecular formula is C22H26ClF3N8O2S. The molecule has 0 saturated heterocycles.